The van der Waals surface area contributed by atoms with E-state index in [9.17, 15) is 14.4 Å². The highest BCUT2D eigenvalue weighted by Crippen LogP contribution is 2.33. The van der Waals surface area contributed by atoms with Crippen LogP contribution >= 0.6 is 0 Å². The molecule has 0 saturated carbocycles. The number of nitrogens with zero attached hydrogens (tertiary/aromatic N) is 2. The molecule has 0 aliphatic carbocycles. The fraction of sp³-hybridized carbons (Fsp3) is 0.233. The molecule has 9 nitrogen and oxygen atoms in total. The largest absolute Gasteiger partial charge is 0.496 e. The van der Waals surface area contributed by atoms with Gasteiger partial charge in [-0.25, -0.2) is 4.79 Å². The molecule has 4 rings (SSSR count). The van der Waals surface area contributed by atoms with Crippen LogP contribution in [0.1, 0.15) is 34.8 Å². The molecule has 1 unspecified atom stereocenters. The van der Waals surface area contributed by atoms with E-state index in [0.717, 1.165) is 22.4 Å². The fourth-order valence-corrected chi connectivity index (χ4v) is 4.39. The van der Waals surface area contributed by atoms with E-state index < -0.39 is 12.0 Å². The molecule has 0 saturated heterocycles. The molecule has 0 bridgehead atoms. The summed E-state index contributed by atoms with van der Waals surface area (Å²) in [5.74, 6) is -0.496. The third kappa shape index (κ3) is 7.16. The van der Waals surface area contributed by atoms with Gasteiger partial charge in [0.05, 0.1) is 24.4 Å². The number of para-hydroxylation sites is 2. The van der Waals surface area contributed by atoms with Gasteiger partial charge < -0.3 is 24.8 Å². The summed E-state index contributed by atoms with van der Waals surface area (Å²) in [7, 11) is 1.59. The lowest BCUT2D eigenvalue weighted by Gasteiger charge is -2.28. The van der Waals surface area contributed by atoms with Gasteiger partial charge in [-0.1, -0.05) is 36.4 Å². The molecule has 1 aliphatic heterocycles. The minimum atomic E-state index is -1.04. The number of hydrogen-bond acceptors (Lipinski definition) is 5. The molecule has 1 heterocycles. The van der Waals surface area contributed by atoms with Gasteiger partial charge in [0.2, 0.25) is 5.91 Å². The van der Waals surface area contributed by atoms with Crippen molar-refractivity contribution in [2.24, 2.45) is 0 Å². The van der Waals surface area contributed by atoms with E-state index >= 15 is 0 Å². The van der Waals surface area contributed by atoms with Crippen molar-refractivity contribution in [2.45, 2.75) is 25.9 Å². The molecule has 1 aliphatic rings. The Balaban J connectivity index is 1.48. The van der Waals surface area contributed by atoms with Crippen LogP contribution in [0.3, 0.4) is 0 Å². The van der Waals surface area contributed by atoms with Crippen LogP contribution in [0.15, 0.2) is 79.0 Å². The number of fused-ring (bicyclic) bond motifs is 1. The van der Waals surface area contributed by atoms with Crippen molar-refractivity contribution in [3.63, 3.8) is 0 Å². The lowest BCUT2D eigenvalue weighted by atomic mass is 9.99. The Morgan fingerprint density at radius 1 is 1.00 bits per heavy atom. The molecule has 9 heteroatoms. The Morgan fingerprint density at radius 2 is 1.72 bits per heavy atom. The first kappa shape index (κ1) is 27.3. The molecule has 2 amide bonds. The third-order valence-corrected chi connectivity index (χ3v) is 6.35. The van der Waals surface area contributed by atoms with E-state index in [1.807, 2.05) is 48.5 Å². The van der Waals surface area contributed by atoms with Crippen molar-refractivity contribution in [1.82, 2.24) is 15.5 Å². The predicted octanol–water partition coefficient (Wildman–Crippen LogP) is 3.99. The second kappa shape index (κ2) is 12.6. The van der Waals surface area contributed by atoms with Gasteiger partial charge in [0.25, 0.3) is 5.91 Å². The number of aromatic carboxylic acids is 1. The van der Waals surface area contributed by atoms with Crippen LogP contribution in [0.25, 0.3) is 5.57 Å². The van der Waals surface area contributed by atoms with E-state index in [-0.39, 0.29) is 30.5 Å². The lowest BCUT2D eigenvalue weighted by molar-refractivity contribution is -0.131. The Bertz CT molecular complexity index is 1370. The van der Waals surface area contributed by atoms with E-state index in [1.165, 1.54) is 31.2 Å². The second-order valence-electron chi connectivity index (χ2n) is 9.10. The fourth-order valence-electron chi connectivity index (χ4n) is 4.39. The summed E-state index contributed by atoms with van der Waals surface area (Å²) in [6, 6.07) is 20.7. The number of rotatable bonds is 12. The van der Waals surface area contributed by atoms with Crippen LogP contribution in [-0.4, -0.2) is 54.1 Å². The first-order valence-corrected chi connectivity index (χ1v) is 12.5. The maximum absolute atomic E-state index is 12.9. The number of amides is 2. The average Bonchev–Trinajstić information content (AvgIpc) is 3.34. The second-order valence-corrected chi connectivity index (χ2v) is 9.10. The molecule has 0 fully saturated rings. The van der Waals surface area contributed by atoms with Gasteiger partial charge in [-0.05, 0) is 48.4 Å². The minimum absolute atomic E-state index is 0.127. The molecule has 0 spiro atoms. The smallest absolute Gasteiger partial charge is 0.335 e. The predicted molar refractivity (Wildman–Crippen MR) is 146 cm³/mol. The zero-order chi connectivity index (χ0) is 27.8. The van der Waals surface area contributed by atoms with Crippen molar-refractivity contribution in [3.05, 3.63) is 95.7 Å². The van der Waals surface area contributed by atoms with Gasteiger partial charge in [-0.2, -0.15) is 0 Å². The van der Waals surface area contributed by atoms with Crippen molar-refractivity contribution >= 4 is 29.0 Å². The maximum atomic E-state index is 12.9. The molecule has 2 N–H and O–H groups in total. The van der Waals surface area contributed by atoms with Crippen LogP contribution in [0.2, 0.25) is 0 Å². The highest BCUT2D eigenvalue weighted by Gasteiger charge is 2.24. The highest BCUT2D eigenvalue weighted by atomic mass is 16.5. The number of ether oxygens (including phenoxy) is 2. The van der Waals surface area contributed by atoms with Gasteiger partial charge in [-0.15, -0.1) is 0 Å². The third-order valence-electron chi connectivity index (χ3n) is 6.35. The van der Waals surface area contributed by atoms with Crippen molar-refractivity contribution < 1.29 is 29.0 Å². The van der Waals surface area contributed by atoms with Crippen molar-refractivity contribution in [2.75, 3.05) is 20.3 Å². The molecule has 3 aromatic rings. The molecule has 3 aromatic carbocycles. The Morgan fingerprint density at radius 3 is 2.44 bits per heavy atom. The zero-order valence-corrected chi connectivity index (χ0v) is 21.8. The van der Waals surface area contributed by atoms with Crippen LogP contribution in [0, 0.1) is 0 Å². The summed E-state index contributed by atoms with van der Waals surface area (Å²) in [5.41, 5.74) is 3.80. The van der Waals surface area contributed by atoms with E-state index in [1.54, 1.807) is 18.2 Å². The van der Waals surface area contributed by atoms with Gasteiger partial charge in [0.1, 0.15) is 11.5 Å². The van der Waals surface area contributed by atoms with Crippen LogP contribution < -0.4 is 20.1 Å². The van der Waals surface area contributed by atoms with E-state index in [2.05, 4.69) is 10.6 Å². The quantitative estimate of drug-likeness (QED) is 0.367. The molecular weight excluding hydrogens is 498 g/mol. The molecule has 39 heavy (non-hydrogen) atoms. The van der Waals surface area contributed by atoms with Crippen LogP contribution in [0.5, 0.6) is 11.5 Å². The monoisotopic (exact) mass is 528 g/mol. The normalized spacial score (nSPS) is 12.4. The number of benzene rings is 3. The van der Waals surface area contributed by atoms with E-state index in [0.29, 0.717) is 24.5 Å². The molecular formula is C30H30N3O6. The number of carboxylic acids is 1. The number of carbonyl (C=O) groups is 3. The molecule has 201 valence electrons. The summed E-state index contributed by atoms with van der Waals surface area (Å²) < 4.78 is 11.0. The number of methoxy groups -OCH3 is 1. The van der Waals surface area contributed by atoms with Crippen molar-refractivity contribution in [3.8, 4) is 11.5 Å². The SMILES string of the molecule is COc1ccccc1CN(CC(CC1=C[N]c2ccccc21)NC(=O)COc1ccc(C(=O)O)cc1)C(C)=O. The Kier molecular flexibility index (Phi) is 8.83. The molecule has 0 aromatic heterocycles. The summed E-state index contributed by atoms with van der Waals surface area (Å²) in [5, 5.41) is 16.5. The van der Waals surface area contributed by atoms with Gasteiger partial charge in [0, 0.05) is 37.3 Å². The molecule has 1 atom stereocenters. The zero-order valence-electron chi connectivity index (χ0n) is 21.8. The van der Waals surface area contributed by atoms with Crippen molar-refractivity contribution in [1.29, 1.82) is 0 Å². The average molecular weight is 529 g/mol. The summed E-state index contributed by atoms with van der Waals surface area (Å²) in [6.07, 6.45) is 2.25. The topological polar surface area (TPSA) is 119 Å². The number of hydrogen-bond donors (Lipinski definition) is 2. The van der Waals surface area contributed by atoms with E-state index in [4.69, 9.17) is 14.6 Å². The number of carboxylic acid groups (broad SMARTS) is 1. The summed E-state index contributed by atoms with van der Waals surface area (Å²) >= 11 is 0. The Hall–Kier alpha value is -4.79. The Labute approximate surface area is 227 Å². The lowest BCUT2D eigenvalue weighted by Crippen LogP contribution is -2.46. The highest BCUT2D eigenvalue weighted by molar-refractivity contribution is 5.87. The number of carbonyl (C=O) groups excluding carboxylic acids is 2. The maximum Gasteiger partial charge on any atom is 0.335 e. The van der Waals surface area contributed by atoms with Gasteiger partial charge in [-0.3, -0.25) is 14.9 Å². The first-order chi connectivity index (χ1) is 18.8. The minimum Gasteiger partial charge on any atom is -0.496 e. The summed E-state index contributed by atoms with van der Waals surface area (Å²) in [6.45, 7) is 1.80. The van der Waals surface area contributed by atoms with Crippen LogP contribution in [-0.2, 0) is 16.1 Å². The van der Waals surface area contributed by atoms with Gasteiger partial charge in [0.15, 0.2) is 6.61 Å². The molecule has 1 radical (unpaired) electrons. The standard InChI is InChI=1S/C30H30N3O6/c1-20(34)33(17-22-7-3-6-10-28(22)38-2)18-24(15-23-16-31-27-9-5-4-8-26(23)27)32-29(35)19-39-25-13-11-21(12-14-25)30(36)37/h3-14,16,24H,15,17-19H2,1-2H3,(H,32,35)(H,36,37). The number of nitrogens with one attached hydrogen (secondary N) is 1. The van der Waals surface area contributed by atoms with Gasteiger partial charge >= 0.3 is 5.97 Å². The first-order valence-electron chi connectivity index (χ1n) is 12.5. The van der Waals surface area contributed by atoms with Crippen LogP contribution in [0.4, 0.5) is 5.69 Å². The summed E-state index contributed by atoms with van der Waals surface area (Å²) in [4.78, 5) is 38.3.